The maximum absolute atomic E-state index is 10.7. The highest BCUT2D eigenvalue weighted by Crippen LogP contribution is 2.26. The Kier molecular flexibility index (Phi) is 4.87. The quantitative estimate of drug-likeness (QED) is 0.829. The molecule has 2 rings (SSSR count). The first-order valence-electron chi connectivity index (χ1n) is 5.90. The molecule has 0 aliphatic carbocycles. The van der Waals surface area contributed by atoms with Gasteiger partial charge in [0.25, 0.3) is 0 Å². The molecule has 0 spiro atoms. The van der Waals surface area contributed by atoms with Crippen LogP contribution in [0.5, 0.6) is 0 Å². The van der Waals surface area contributed by atoms with Crippen molar-refractivity contribution in [3.63, 3.8) is 0 Å². The molecule has 0 fully saturated rings. The van der Waals surface area contributed by atoms with E-state index in [4.69, 9.17) is 5.11 Å². The molecule has 1 unspecified atom stereocenters. The summed E-state index contributed by atoms with van der Waals surface area (Å²) < 4.78 is 3.45. The molecule has 1 aromatic heterocycles. The molecule has 6 nitrogen and oxygen atoms in total. The van der Waals surface area contributed by atoms with E-state index in [2.05, 4.69) is 47.4 Å². The van der Waals surface area contributed by atoms with E-state index in [1.54, 1.807) is 4.68 Å². The van der Waals surface area contributed by atoms with Crippen molar-refractivity contribution in [2.24, 2.45) is 5.92 Å². The summed E-state index contributed by atoms with van der Waals surface area (Å²) in [6.07, 6.45) is 0.0848. The molecule has 0 bridgehead atoms. The fourth-order valence-electron chi connectivity index (χ4n) is 1.88. The van der Waals surface area contributed by atoms with E-state index in [1.165, 1.54) is 0 Å². The summed E-state index contributed by atoms with van der Waals surface area (Å²) in [6.45, 7) is 2.31. The van der Waals surface area contributed by atoms with E-state index >= 15 is 0 Å². The van der Waals surface area contributed by atoms with Crippen molar-refractivity contribution in [2.75, 3.05) is 0 Å². The van der Waals surface area contributed by atoms with Crippen molar-refractivity contribution < 1.29 is 9.90 Å². The lowest BCUT2D eigenvalue weighted by Crippen LogP contribution is -2.14. The van der Waals surface area contributed by atoms with E-state index in [-0.39, 0.29) is 12.3 Å². The third kappa shape index (κ3) is 3.86. The third-order valence-electron chi connectivity index (χ3n) is 2.66. The summed E-state index contributed by atoms with van der Waals surface area (Å²) >= 11 is 6.84. The number of carboxylic acids is 1. The highest BCUT2D eigenvalue weighted by molar-refractivity contribution is 9.11. The van der Waals surface area contributed by atoms with Crippen molar-refractivity contribution >= 4 is 37.8 Å². The van der Waals surface area contributed by atoms with Gasteiger partial charge in [-0.3, -0.25) is 4.79 Å². The number of aromatic nitrogens is 4. The van der Waals surface area contributed by atoms with Gasteiger partial charge in [0.1, 0.15) is 0 Å². The van der Waals surface area contributed by atoms with Crippen LogP contribution in [-0.4, -0.2) is 31.3 Å². The predicted octanol–water partition coefficient (Wildman–Crippen LogP) is 2.98. The molecular formula is C12H12Br2N4O2. The van der Waals surface area contributed by atoms with Crippen molar-refractivity contribution in [3.8, 4) is 11.4 Å². The van der Waals surface area contributed by atoms with Crippen LogP contribution in [0.4, 0.5) is 0 Å². The number of rotatable bonds is 5. The van der Waals surface area contributed by atoms with Crippen LogP contribution in [0.25, 0.3) is 11.4 Å². The number of benzene rings is 1. The number of hydrogen-bond acceptors (Lipinski definition) is 4. The molecule has 0 radical (unpaired) electrons. The molecule has 1 N–H and O–H groups in total. The van der Waals surface area contributed by atoms with Crippen LogP contribution >= 0.6 is 31.9 Å². The van der Waals surface area contributed by atoms with Crippen molar-refractivity contribution in [1.29, 1.82) is 0 Å². The Morgan fingerprint density at radius 2 is 2.00 bits per heavy atom. The fourth-order valence-corrected chi connectivity index (χ4v) is 3.17. The van der Waals surface area contributed by atoms with E-state index in [0.29, 0.717) is 12.4 Å². The first kappa shape index (κ1) is 15.1. The van der Waals surface area contributed by atoms with Gasteiger partial charge in [0.2, 0.25) is 0 Å². The van der Waals surface area contributed by atoms with E-state index in [0.717, 1.165) is 14.5 Å². The molecule has 1 heterocycles. The van der Waals surface area contributed by atoms with Gasteiger partial charge in [0, 0.05) is 27.5 Å². The largest absolute Gasteiger partial charge is 0.481 e. The van der Waals surface area contributed by atoms with Crippen molar-refractivity contribution in [1.82, 2.24) is 20.2 Å². The summed E-state index contributed by atoms with van der Waals surface area (Å²) in [5, 5.41) is 20.4. The molecule has 0 aliphatic heterocycles. The molecule has 2 aromatic rings. The summed E-state index contributed by atoms with van der Waals surface area (Å²) in [4.78, 5) is 10.7. The lowest BCUT2D eigenvalue weighted by molar-refractivity contribution is -0.138. The normalized spacial score (nSPS) is 12.3. The first-order valence-corrected chi connectivity index (χ1v) is 7.48. The number of hydrogen-bond donors (Lipinski definition) is 1. The predicted molar refractivity (Wildman–Crippen MR) is 80.1 cm³/mol. The first-order chi connectivity index (χ1) is 9.45. The molecular weight excluding hydrogens is 392 g/mol. The molecule has 1 atom stereocenters. The number of nitrogens with zero attached hydrogens (tertiary/aromatic N) is 4. The van der Waals surface area contributed by atoms with Crippen molar-refractivity contribution in [3.05, 3.63) is 27.1 Å². The minimum atomic E-state index is -0.822. The Balaban J connectivity index is 2.26. The van der Waals surface area contributed by atoms with E-state index in [9.17, 15) is 4.79 Å². The van der Waals surface area contributed by atoms with E-state index < -0.39 is 5.97 Å². The number of tetrazole rings is 1. The topological polar surface area (TPSA) is 80.9 Å². The molecule has 0 amide bonds. The monoisotopic (exact) mass is 402 g/mol. The summed E-state index contributed by atoms with van der Waals surface area (Å²) in [5.74, 6) is -0.257. The molecule has 0 saturated carbocycles. The van der Waals surface area contributed by atoms with Gasteiger partial charge in [0.15, 0.2) is 5.82 Å². The summed E-state index contributed by atoms with van der Waals surface area (Å²) in [5.41, 5.74) is 0.860. The second-order valence-corrected chi connectivity index (χ2v) is 6.38. The van der Waals surface area contributed by atoms with Gasteiger partial charge in [-0.25, -0.2) is 4.68 Å². The number of halogens is 2. The second kappa shape index (κ2) is 6.45. The molecule has 1 aromatic carbocycles. The SMILES string of the molecule is CC(CC(=O)O)Cn1nnnc1-c1cc(Br)cc(Br)c1. The standard InChI is InChI=1S/C12H12Br2N4O2/c1-7(2-11(19)20)6-18-12(15-16-17-18)8-3-9(13)5-10(14)4-8/h3-5,7H,2,6H2,1H3,(H,19,20). The Hall–Kier alpha value is -1.28. The Morgan fingerprint density at radius 3 is 2.60 bits per heavy atom. The van der Waals surface area contributed by atoms with Gasteiger partial charge < -0.3 is 5.11 Å². The van der Waals surface area contributed by atoms with E-state index in [1.807, 2.05) is 25.1 Å². The highest BCUT2D eigenvalue weighted by Gasteiger charge is 2.14. The Bertz CT molecular complexity index is 609. The van der Waals surface area contributed by atoms with Crippen LogP contribution < -0.4 is 0 Å². The summed E-state index contributed by atoms with van der Waals surface area (Å²) in [6, 6.07) is 5.74. The van der Waals surface area contributed by atoms with Gasteiger partial charge in [0.05, 0.1) is 0 Å². The number of carbonyl (C=O) groups is 1. The van der Waals surface area contributed by atoms with Crippen LogP contribution in [0, 0.1) is 5.92 Å². The maximum atomic E-state index is 10.7. The van der Waals surface area contributed by atoms with Crippen LogP contribution in [0.1, 0.15) is 13.3 Å². The molecule has 106 valence electrons. The van der Waals surface area contributed by atoms with Gasteiger partial charge in [-0.15, -0.1) is 5.10 Å². The average Bonchev–Trinajstić information content (AvgIpc) is 2.74. The van der Waals surface area contributed by atoms with Crippen molar-refractivity contribution in [2.45, 2.75) is 19.9 Å². The van der Waals surface area contributed by atoms with Crippen LogP contribution in [0.15, 0.2) is 27.1 Å². The van der Waals surface area contributed by atoms with Gasteiger partial charge in [-0.2, -0.15) is 0 Å². The van der Waals surface area contributed by atoms with Gasteiger partial charge in [-0.1, -0.05) is 38.8 Å². The third-order valence-corrected chi connectivity index (χ3v) is 3.58. The molecule has 8 heteroatoms. The lowest BCUT2D eigenvalue weighted by Gasteiger charge is -2.10. The molecule has 0 aliphatic rings. The maximum Gasteiger partial charge on any atom is 0.303 e. The lowest BCUT2D eigenvalue weighted by atomic mass is 10.1. The number of aliphatic carboxylic acids is 1. The van der Waals surface area contributed by atoms with Gasteiger partial charge >= 0.3 is 5.97 Å². The zero-order chi connectivity index (χ0) is 14.7. The van der Waals surface area contributed by atoms with Crippen LogP contribution in [-0.2, 0) is 11.3 Å². The molecule has 0 saturated heterocycles. The fraction of sp³-hybridized carbons (Fsp3) is 0.333. The average molecular weight is 404 g/mol. The number of carboxylic acid groups (broad SMARTS) is 1. The summed E-state index contributed by atoms with van der Waals surface area (Å²) in [7, 11) is 0. The van der Waals surface area contributed by atoms with Crippen LogP contribution in [0.2, 0.25) is 0 Å². The Labute approximate surface area is 132 Å². The molecule has 20 heavy (non-hydrogen) atoms. The zero-order valence-corrected chi connectivity index (χ0v) is 13.8. The minimum absolute atomic E-state index is 0.0506. The minimum Gasteiger partial charge on any atom is -0.481 e. The van der Waals surface area contributed by atoms with Gasteiger partial charge in [-0.05, 0) is 34.5 Å². The van der Waals surface area contributed by atoms with Crippen LogP contribution in [0.3, 0.4) is 0 Å². The Morgan fingerprint density at radius 1 is 1.35 bits per heavy atom. The zero-order valence-electron chi connectivity index (χ0n) is 10.6. The second-order valence-electron chi connectivity index (χ2n) is 4.55. The smallest absolute Gasteiger partial charge is 0.303 e. The highest BCUT2D eigenvalue weighted by atomic mass is 79.9.